The van der Waals surface area contributed by atoms with Crippen molar-refractivity contribution in [3.63, 3.8) is 0 Å². The summed E-state index contributed by atoms with van der Waals surface area (Å²) < 4.78 is 28.4. The van der Waals surface area contributed by atoms with Gasteiger partial charge >= 0.3 is 16.2 Å². The van der Waals surface area contributed by atoms with Crippen LogP contribution in [0.4, 0.5) is 5.69 Å². The van der Waals surface area contributed by atoms with E-state index in [-0.39, 0.29) is 13.1 Å². The minimum absolute atomic E-state index is 0.200. The van der Waals surface area contributed by atoms with Crippen LogP contribution in [-0.2, 0) is 15.0 Å². The molecule has 0 spiro atoms. The van der Waals surface area contributed by atoms with Crippen molar-refractivity contribution in [3.8, 4) is 0 Å². The Labute approximate surface area is 128 Å². The summed E-state index contributed by atoms with van der Waals surface area (Å²) in [5.74, 6) is -1.34. The van der Waals surface area contributed by atoms with Crippen molar-refractivity contribution in [1.82, 2.24) is 4.31 Å². The molecule has 2 N–H and O–H groups in total. The van der Waals surface area contributed by atoms with E-state index >= 15 is 0 Å². The van der Waals surface area contributed by atoms with Gasteiger partial charge in [0.15, 0.2) is 0 Å². The van der Waals surface area contributed by atoms with Crippen LogP contribution in [0.3, 0.4) is 0 Å². The Kier molecular flexibility index (Phi) is 4.75. The Bertz CT molecular complexity index is 640. The van der Waals surface area contributed by atoms with E-state index in [2.05, 4.69) is 4.72 Å². The molecule has 1 aliphatic rings. The van der Waals surface area contributed by atoms with Crippen LogP contribution in [0.15, 0.2) is 18.2 Å². The average molecular weight is 333 g/mol. The molecule has 6 nitrogen and oxygen atoms in total. The maximum atomic E-state index is 12.3. The standard InChI is InChI=1S/C13H17ClN2O4S/c1-9-2-3-11(14)8-12(9)15-21(19,20)16-6-4-10(5-7-16)13(17)18/h2-3,8,10,15H,4-7H2,1H3,(H,17,18). The first kappa shape index (κ1) is 16.1. The highest BCUT2D eigenvalue weighted by Crippen LogP contribution is 2.24. The maximum Gasteiger partial charge on any atom is 0.306 e. The summed E-state index contributed by atoms with van der Waals surface area (Å²) in [6, 6.07) is 4.97. The molecule has 1 saturated heterocycles. The molecule has 0 aromatic heterocycles. The molecular formula is C13H17ClN2O4S. The Hall–Kier alpha value is -1.31. The van der Waals surface area contributed by atoms with Crippen molar-refractivity contribution < 1.29 is 18.3 Å². The number of carbonyl (C=O) groups is 1. The van der Waals surface area contributed by atoms with Gasteiger partial charge in [-0.3, -0.25) is 9.52 Å². The van der Waals surface area contributed by atoms with Gasteiger partial charge < -0.3 is 5.11 Å². The van der Waals surface area contributed by atoms with Gasteiger partial charge in [-0.15, -0.1) is 0 Å². The van der Waals surface area contributed by atoms with Crippen LogP contribution in [0.25, 0.3) is 0 Å². The van der Waals surface area contributed by atoms with E-state index in [1.165, 1.54) is 4.31 Å². The first-order valence-corrected chi connectivity index (χ1v) is 8.38. The van der Waals surface area contributed by atoms with E-state index in [1.807, 2.05) is 0 Å². The van der Waals surface area contributed by atoms with E-state index in [0.29, 0.717) is 23.6 Å². The van der Waals surface area contributed by atoms with Gasteiger partial charge in [0.2, 0.25) is 0 Å². The quantitative estimate of drug-likeness (QED) is 0.884. The highest BCUT2D eigenvalue weighted by Gasteiger charge is 2.31. The van der Waals surface area contributed by atoms with Gasteiger partial charge in [0.25, 0.3) is 0 Å². The van der Waals surface area contributed by atoms with Gasteiger partial charge in [-0.05, 0) is 37.5 Å². The third-order valence-corrected chi connectivity index (χ3v) is 5.34. The number of halogens is 1. The molecule has 0 bridgehead atoms. The van der Waals surface area contributed by atoms with E-state index in [9.17, 15) is 13.2 Å². The average Bonchev–Trinajstić information content (AvgIpc) is 2.43. The van der Waals surface area contributed by atoms with Crippen LogP contribution < -0.4 is 4.72 Å². The molecule has 1 aromatic rings. The zero-order valence-electron chi connectivity index (χ0n) is 11.5. The SMILES string of the molecule is Cc1ccc(Cl)cc1NS(=O)(=O)N1CCC(C(=O)O)CC1. The van der Waals surface area contributed by atoms with Gasteiger partial charge in [-0.2, -0.15) is 12.7 Å². The van der Waals surface area contributed by atoms with Crippen molar-refractivity contribution in [2.24, 2.45) is 5.92 Å². The number of piperidine rings is 1. The number of aliphatic carboxylic acids is 1. The summed E-state index contributed by atoms with van der Waals surface area (Å²) in [5, 5.41) is 9.38. The number of nitrogens with zero attached hydrogens (tertiary/aromatic N) is 1. The molecule has 0 radical (unpaired) electrons. The maximum absolute atomic E-state index is 12.3. The third-order valence-electron chi connectivity index (χ3n) is 3.58. The molecule has 1 aromatic carbocycles. The van der Waals surface area contributed by atoms with Crippen LogP contribution in [0.1, 0.15) is 18.4 Å². The zero-order valence-corrected chi connectivity index (χ0v) is 13.1. The summed E-state index contributed by atoms with van der Waals surface area (Å²) in [6.07, 6.45) is 0.648. The van der Waals surface area contributed by atoms with Crippen molar-refractivity contribution in [1.29, 1.82) is 0 Å². The molecule has 2 rings (SSSR count). The largest absolute Gasteiger partial charge is 0.481 e. The number of benzene rings is 1. The number of hydrogen-bond donors (Lipinski definition) is 2. The molecule has 0 atom stereocenters. The van der Waals surface area contributed by atoms with Crippen molar-refractivity contribution >= 4 is 33.5 Å². The molecule has 8 heteroatoms. The summed E-state index contributed by atoms with van der Waals surface area (Å²) in [6.45, 7) is 2.18. The van der Waals surface area contributed by atoms with Gasteiger partial charge in [0.1, 0.15) is 0 Å². The number of hydrogen-bond acceptors (Lipinski definition) is 3. The molecule has 116 valence electrons. The second-order valence-corrected chi connectivity index (χ2v) is 7.18. The first-order chi connectivity index (χ1) is 9.79. The zero-order chi connectivity index (χ0) is 15.6. The lowest BCUT2D eigenvalue weighted by atomic mass is 9.99. The number of carboxylic acids is 1. The number of aryl methyl sites for hydroxylation is 1. The summed E-state index contributed by atoms with van der Waals surface area (Å²) in [4.78, 5) is 10.9. The Balaban J connectivity index is 2.09. The molecule has 21 heavy (non-hydrogen) atoms. The number of nitrogens with one attached hydrogen (secondary N) is 1. The topological polar surface area (TPSA) is 86.7 Å². The number of rotatable bonds is 4. The fourth-order valence-electron chi connectivity index (χ4n) is 2.25. The molecular weight excluding hydrogens is 316 g/mol. The molecule has 1 fully saturated rings. The first-order valence-electron chi connectivity index (χ1n) is 6.56. The van der Waals surface area contributed by atoms with Crippen LogP contribution in [0.2, 0.25) is 5.02 Å². The summed E-state index contributed by atoms with van der Waals surface area (Å²) >= 11 is 5.87. The van der Waals surface area contributed by atoms with Crippen molar-refractivity contribution in [2.45, 2.75) is 19.8 Å². The van der Waals surface area contributed by atoms with Crippen LogP contribution in [0, 0.1) is 12.8 Å². The predicted molar refractivity (Wildman–Crippen MR) is 80.7 cm³/mol. The molecule has 0 aliphatic carbocycles. The molecule has 0 saturated carbocycles. The highest BCUT2D eigenvalue weighted by molar-refractivity contribution is 7.90. The van der Waals surface area contributed by atoms with Crippen LogP contribution in [-0.4, -0.2) is 36.9 Å². The van der Waals surface area contributed by atoms with E-state index in [4.69, 9.17) is 16.7 Å². The minimum Gasteiger partial charge on any atom is -0.481 e. The highest BCUT2D eigenvalue weighted by atomic mass is 35.5. The van der Waals surface area contributed by atoms with E-state index in [0.717, 1.165) is 5.56 Å². The lowest BCUT2D eigenvalue weighted by Gasteiger charge is -2.29. The van der Waals surface area contributed by atoms with Crippen LogP contribution >= 0.6 is 11.6 Å². The Morgan fingerprint density at radius 3 is 2.57 bits per heavy atom. The van der Waals surface area contributed by atoms with E-state index in [1.54, 1.807) is 25.1 Å². The lowest BCUT2D eigenvalue weighted by molar-refractivity contribution is -0.142. The molecule has 0 unspecified atom stereocenters. The fraction of sp³-hybridized carbons (Fsp3) is 0.462. The lowest BCUT2D eigenvalue weighted by Crippen LogP contribution is -2.43. The van der Waals surface area contributed by atoms with Gasteiger partial charge in [0, 0.05) is 18.1 Å². The van der Waals surface area contributed by atoms with Crippen LogP contribution in [0.5, 0.6) is 0 Å². The van der Waals surface area contributed by atoms with Gasteiger partial charge in [-0.1, -0.05) is 17.7 Å². The second-order valence-electron chi connectivity index (χ2n) is 5.08. The predicted octanol–water partition coefficient (Wildman–Crippen LogP) is 2.10. The molecule has 1 heterocycles. The number of carboxylic acid groups (broad SMARTS) is 1. The van der Waals surface area contributed by atoms with Crippen molar-refractivity contribution in [2.75, 3.05) is 17.8 Å². The summed E-state index contributed by atoms with van der Waals surface area (Å²) in [5.41, 5.74) is 1.20. The third kappa shape index (κ3) is 3.87. The number of anilines is 1. The smallest absolute Gasteiger partial charge is 0.306 e. The normalized spacial score (nSPS) is 17.6. The summed E-state index contributed by atoms with van der Waals surface area (Å²) in [7, 11) is -3.69. The molecule has 0 amide bonds. The minimum atomic E-state index is -3.69. The Morgan fingerprint density at radius 1 is 1.38 bits per heavy atom. The molecule has 1 aliphatic heterocycles. The Morgan fingerprint density at radius 2 is 2.00 bits per heavy atom. The second kappa shape index (κ2) is 6.21. The van der Waals surface area contributed by atoms with Crippen molar-refractivity contribution in [3.05, 3.63) is 28.8 Å². The fourth-order valence-corrected chi connectivity index (χ4v) is 3.74. The van der Waals surface area contributed by atoms with Gasteiger partial charge in [-0.25, -0.2) is 0 Å². The monoisotopic (exact) mass is 332 g/mol. The van der Waals surface area contributed by atoms with E-state index < -0.39 is 22.1 Å². The van der Waals surface area contributed by atoms with Gasteiger partial charge in [0.05, 0.1) is 11.6 Å².